The van der Waals surface area contributed by atoms with Gasteiger partial charge in [-0.1, -0.05) is 30.3 Å². The SMILES string of the molecule is O=C(NCCn1cnc(-c2ccccc2)cc1=O)c1ccc(F)cc1. The number of carbonyl (C=O) groups excluding carboxylic acids is 1. The normalized spacial score (nSPS) is 10.4. The molecule has 1 heterocycles. The Bertz CT molecular complexity index is 921. The van der Waals surface area contributed by atoms with Crippen LogP contribution < -0.4 is 10.9 Å². The second kappa shape index (κ2) is 7.53. The summed E-state index contributed by atoms with van der Waals surface area (Å²) in [6.07, 6.45) is 1.47. The summed E-state index contributed by atoms with van der Waals surface area (Å²) in [7, 11) is 0. The van der Waals surface area contributed by atoms with Crippen molar-refractivity contribution in [2.24, 2.45) is 0 Å². The molecule has 3 rings (SSSR count). The van der Waals surface area contributed by atoms with Crippen LogP contribution in [0.25, 0.3) is 11.3 Å². The second-order valence-corrected chi connectivity index (χ2v) is 5.43. The van der Waals surface area contributed by atoms with E-state index in [-0.39, 0.29) is 18.0 Å². The van der Waals surface area contributed by atoms with Crippen LogP contribution in [0.15, 0.2) is 71.8 Å². The fourth-order valence-corrected chi connectivity index (χ4v) is 2.35. The smallest absolute Gasteiger partial charge is 0.253 e. The number of nitrogens with zero attached hydrogens (tertiary/aromatic N) is 2. The zero-order valence-corrected chi connectivity index (χ0v) is 13.4. The summed E-state index contributed by atoms with van der Waals surface area (Å²) >= 11 is 0. The maximum Gasteiger partial charge on any atom is 0.253 e. The van der Waals surface area contributed by atoms with E-state index >= 15 is 0 Å². The van der Waals surface area contributed by atoms with Gasteiger partial charge in [-0.25, -0.2) is 9.37 Å². The van der Waals surface area contributed by atoms with Crippen molar-refractivity contribution in [3.63, 3.8) is 0 Å². The number of halogens is 1. The first-order chi connectivity index (χ1) is 12.1. The zero-order chi connectivity index (χ0) is 17.6. The van der Waals surface area contributed by atoms with E-state index in [0.717, 1.165) is 5.56 Å². The molecular formula is C19H16FN3O2. The number of rotatable bonds is 5. The van der Waals surface area contributed by atoms with Crippen molar-refractivity contribution in [2.75, 3.05) is 6.54 Å². The van der Waals surface area contributed by atoms with Gasteiger partial charge >= 0.3 is 0 Å². The van der Waals surface area contributed by atoms with Gasteiger partial charge in [-0.05, 0) is 24.3 Å². The molecule has 1 aromatic heterocycles. The van der Waals surface area contributed by atoms with Crippen molar-refractivity contribution in [1.29, 1.82) is 0 Å². The third kappa shape index (κ3) is 4.17. The zero-order valence-electron chi connectivity index (χ0n) is 13.4. The summed E-state index contributed by atoms with van der Waals surface area (Å²) in [6.45, 7) is 0.566. The minimum atomic E-state index is -0.396. The Hall–Kier alpha value is -3.28. The Morgan fingerprint density at radius 1 is 1.08 bits per heavy atom. The van der Waals surface area contributed by atoms with E-state index in [2.05, 4.69) is 10.3 Å². The van der Waals surface area contributed by atoms with Gasteiger partial charge in [0.1, 0.15) is 5.82 Å². The van der Waals surface area contributed by atoms with Crippen molar-refractivity contribution >= 4 is 5.91 Å². The standard InChI is InChI=1S/C19H16FN3O2/c20-16-8-6-15(7-9-16)19(25)21-10-11-23-13-22-17(12-18(23)24)14-4-2-1-3-5-14/h1-9,12-13H,10-11H2,(H,21,25). The largest absolute Gasteiger partial charge is 0.350 e. The van der Waals surface area contributed by atoms with E-state index in [1.54, 1.807) is 0 Å². The molecule has 0 bridgehead atoms. The molecule has 0 spiro atoms. The van der Waals surface area contributed by atoms with Gasteiger partial charge in [0.2, 0.25) is 0 Å². The number of hydrogen-bond acceptors (Lipinski definition) is 3. The molecule has 5 nitrogen and oxygen atoms in total. The number of aromatic nitrogens is 2. The monoisotopic (exact) mass is 337 g/mol. The molecule has 0 saturated carbocycles. The average Bonchev–Trinajstić information content (AvgIpc) is 2.64. The molecule has 2 aromatic carbocycles. The van der Waals surface area contributed by atoms with E-state index in [4.69, 9.17) is 0 Å². The Morgan fingerprint density at radius 3 is 2.48 bits per heavy atom. The molecule has 1 amide bonds. The molecule has 3 aromatic rings. The quantitative estimate of drug-likeness (QED) is 0.778. The molecule has 0 aliphatic carbocycles. The number of carbonyl (C=O) groups is 1. The van der Waals surface area contributed by atoms with E-state index in [1.807, 2.05) is 30.3 Å². The van der Waals surface area contributed by atoms with Gasteiger partial charge in [-0.2, -0.15) is 0 Å². The summed E-state index contributed by atoms with van der Waals surface area (Å²) in [5, 5.41) is 2.69. The van der Waals surface area contributed by atoms with E-state index in [0.29, 0.717) is 17.8 Å². The van der Waals surface area contributed by atoms with Crippen LogP contribution in [0.2, 0.25) is 0 Å². The average molecular weight is 337 g/mol. The van der Waals surface area contributed by atoms with Crippen molar-refractivity contribution in [3.8, 4) is 11.3 Å². The minimum absolute atomic E-state index is 0.190. The third-order valence-electron chi connectivity index (χ3n) is 3.69. The highest BCUT2D eigenvalue weighted by atomic mass is 19.1. The van der Waals surface area contributed by atoms with Gasteiger partial charge in [0.15, 0.2) is 0 Å². The van der Waals surface area contributed by atoms with Crippen LogP contribution in [0.5, 0.6) is 0 Å². The molecule has 0 unspecified atom stereocenters. The Balaban J connectivity index is 1.61. The summed E-state index contributed by atoms with van der Waals surface area (Å²) in [4.78, 5) is 28.4. The third-order valence-corrected chi connectivity index (χ3v) is 3.69. The number of benzene rings is 2. The van der Waals surface area contributed by atoms with Crippen LogP contribution in [0.1, 0.15) is 10.4 Å². The van der Waals surface area contributed by atoms with Gasteiger partial charge < -0.3 is 5.32 Å². The maximum atomic E-state index is 12.8. The van der Waals surface area contributed by atoms with E-state index in [1.165, 1.54) is 41.2 Å². The Morgan fingerprint density at radius 2 is 1.80 bits per heavy atom. The lowest BCUT2D eigenvalue weighted by molar-refractivity contribution is 0.0952. The van der Waals surface area contributed by atoms with Gasteiger partial charge in [0.25, 0.3) is 11.5 Å². The summed E-state index contributed by atoms with van der Waals surface area (Å²) in [6, 6.07) is 16.2. The highest BCUT2D eigenvalue weighted by molar-refractivity contribution is 5.94. The Labute approximate surface area is 143 Å². The molecule has 0 aliphatic heterocycles. The molecule has 25 heavy (non-hydrogen) atoms. The van der Waals surface area contributed by atoms with E-state index in [9.17, 15) is 14.0 Å². The molecule has 126 valence electrons. The van der Waals surface area contributed by atoms with Gasteiger partial charge in [-0.15, -0.1) is 0 Å². The van der Waals surface area contributed by atoms with Crippen LogP contribution in [0.3, 0.4) is 0 Å². The Kier molecular flexibility index (Phi) is 4.99. The van der Waals surface area contributed by atoms with Crippen molar-refractivity contribution in [3.05, 3.63) is 88.7 Å². The van der Waals surface area contributed by atoms with Crippen molar-refractivity contribution < 1.29 is 9.18 Å². The topological polar surface area (TPSA) is 64.0 Å². The van der Waals surface area contributed by atoms with Gasteiger partial charge in [-0.3, -0.25) is 14.2 Å². The predicted octanol–water partition coefficient (Wildman–Crippen LogP) is 2.48. The highest BCUT2D eigenvalue weighted by Crippen LogP contribution is 2.13. The lowest BCUT2D eigenvalue weighted by Crippen LogP contribution is -2.30. The fraction of sp³-hybridized carbons (Fsp3) is 0.105. The summed E-state index contributed by atoms with van der Waals surface area (Å²) < 4.78 is 14.3. The maximum absolute atomic E-state index is 12.8. The van der Waals surface area contributed by atoms with Crippen LogP contribution >= 0.6 is 0 Å². The number of hydrogen-bond donors (Lipinski definition) is 1. The van der Waals surface area contributed by atoms with Crippen LogP contribution in [0.4, 0.5) is 4.39 Å². The lowest BCUT2D eigenvalue weighted by Gasteiger charge is -2.08. The molecule has 1 N–H and O–H groups in total. The highest BCUT2D eigenvalue weighted by Gasteiger charge is 2.06. The van der Waals surface area contributed by atoms with Crippen LogP contribution in [0, 0.1) is 5.82 Å². The number of amides is 1. The number of nitrogens with one attached hydrogen (secondary N) is 1. The molecule has 0 aliphatic rings. The van der Waals surface area contributed by atoms with Crippen LogP contribution in [-0.4, -0.2) is 22.0 Å². The molecular weight excluding hydrogens is 321 g/mol. The molecule has 6 heteroatoms. The first kappa shape index (κ1) is 16.6. The fourth-order valence-electron chi connectivity index (χ4n) is 2.35. The molecule has 0 radical (unpaired) electrons. The second-order valence-electron chi connectivity index (χ2n) is 5.43. The van der Waals surface area contributed by atoms with Gasteiger partial charge in [0.05, 0.1) is 12.0 Å². The van der Waals surface area contributed by atoms with Gasteiger partial charge in [0, 0.05) is 30.3 Å². The summed E-state index contributed by atoms with van der Waals surface area (Å²) in [5.74, 6) is -0.713. The van der Waals surface area contributed by atoms with E-state index < -0.39 is 5.82 Å². The summed E-state index contributed by atoms with van der Waals surface area (Å²) in [5.41, 5.74) is 1.66. The first-order valence-corrected chi connectivity index (χ1v) is 7.79. The molecule has 0 atom stereocenters. The molecule has 0 saturated heterocycles. The molecule has 0 fully saturated rings. The van der Waals surface area contributed by atoms with Crippen LogP contribution in [-0.2, 0) is 6.54 Å². The predicted molar refractivity (Wildman–Crippen MR) is 92.7 cm³/mol. The van der Waals surface area contributed by atoms with Crippen molar-refractivity contribution in [2.45, 2.75) is 6.54 Å². The minimum Gasteiger partial charge on any atom is -0.350 e. The van der Waals surface area contributed by atoms with Crippen molar-refractivity contribution in [1.82, 2.24) is 14.9 Å². The lowest BCUT2D eigenvalue weighted by atomic mass is 10.1. The first-order valence-electron chi connectivity index (χ1n) is 7.79.